The van der Waals surface area contributed by atoms with Gasteiger partial charge in [-0.15, -0.1) is 0 Å². The molecule has 6 N–H and O–H groups in total. The van der Waals surface area contributed by atoms with Crippen LogP contribution in [0.5, 0.6) is 0 Å². The molecule has 0 atom stereocenters. The smallest absolute Gasteiger partial charge is 0.334 e. The number of imide groups is 8. The van der Waals surface area contributed by atoms with Gasteiger partial charge in [0.05, 0.1) is 18.8 Å². The van der Waals surface area contributed by atoms with E-state index < -0.39 is 95.0 Å². The second kappa shape index (κ2) is 44.7. The van der Waals surface area contributed by atoms with Crippen molar-refractivity contribution >= 4 is 166 Å². The minimum atomic E-state index is -0.807. The highest BCUT2D eigenvalue weighted by Crippen LogP contribution is 2.26. The number of thiocarbonyl (C=S) groups is 2. The maximum Gasteiger partial charge on any atom is 0.334 e. The van der Waals surface area contributed by atoms with Crippen molar-refractivity contribution in [2.24, 2.45) is 0 Å². The van der Waals surface area contributed by atoms with Crippen LogP contribution >= 0.6 is 24.4 Å². The standard InChI is InChI=1S/C18H20N2O5.C16H16N2O3.C15H13FN2O2S.C13H12N2O4.C12H9N3O3.C11H8N2O3S/c1-2-19-16(21)15(7-3-5-14-6-4-10-25-14)17(22)20(18(19)23)13-8-11-24-12-9-13;1-11-7-4-5-8-12(11)9-6-10-13-14(19)17(2)16(21)18(3)15(13)20;1-2-18-14(20)12(13(19)17-15(18)21)8-4-6-10-5-3-7-11(16)9-10;1-2-15-12(17)10(11(16)14-13(15)18)7-3-5-9-6-4-8-19-9;16-10-9(11(17)15-12(18)14-10)5-1-3-8-4-2-6-13-7-8;14-9-8(10(15)13-11(17)12-9)5-1-3-7-4-2-6-16-7/h3-7,10,13H,2,8-9,11-12H2,1H3;4-10H,1-3H3;3-9H,2H2,1H3,(H,17,19,21);3-8H,2H2,1H3,(H,14,16,18);1-7H,(H2,14,15,16,17,18);1-6H,(H2,12,13,14,15,17)/b5-3+,15-7+;9-6+;6-4+,12-8+;5-3+,10-7+;2*3-1+. The highest BCUT2D eigenvalue weighted by molar-refractivity contribution is 7.80. The van der Waals surface area contributed by atoms with Crippen LogP contribution in [0.1, 0.15) is 73.1 Å². The number of pyridine rings is 1. The molecule has 7 aliphatic rings. The van der Waals surface area contributed by atoms with Crippen molar-refractivity contribution in [1.82, 2.24) is 66.3 Å². The van der Waals surface area contributed by atoms with E-state index in [0.29, 0.717) is 55.4 Å². The molecule has 2 aromatic carbocycles. The number of furan rings is 3. The van der Waals surface area contributed by atoms with Gasteiger partial charge in [0.1, 0.15) is 56.5 Å². The number of barbiturate groups is 4. The van der Waals surface area contributed by atoms with Gasteiger partial charge in [-0.25, -0.2) is 23.6 Å². The molecule has 7 fully saturated rings. The number of urea groups is 4. The first-order valence-corrected chi connectivity index (χ1v) is 37.5. The van der Waals surface area contributed by atoms with E-state index in [-0.39, 0.29) is 68.6 Å². The molecular weight excluding hydrogens is 1610 g/mol. The average molecular weight is 1680 g/mol. The molecular formula is C85H78FN13O20S2. The largest absolute Gasteiger partial charge is 0.465 e. The summed E-state index contributed by atoms with van der Waals surface area (Å²) in [5, 5.41) is 13.3. The highest BCUT2D eigenvalue weighted by Gasteiger charge is 2.45. The predicted molar refractivity (Wildman–Crippen MR) is 445 cm³/mol. The van der Waals surface area contributed by atoms with Crippen LogP contribution < -0.4 is 31.9 Å². The van der Waals surface area contributed by atoms with Crippen LogP contribution in [0.25, 0.3) is 36.5 Å². The van der Waals surface area contributed by atoms with Gasteiger partial charge in [0.15, 0.2) is 10.2 Å². The van der Waals surface area contributed by atoms with E-state index in [4.69, 9.17) is 30.2 Å². The van der Waals surface area contributed by atoms with Gasteiger partial charge in [0, 0.05) is 65.4 Å². The van der Waals surface area contributed by atoms with E-state index in [0.717, 1.165) is 36.3 Å². The molecule has 7 aliphatic heterocycles. The van der Waals surface area contributed by atoms with E-state index in [1.54, 1.807) is 142 Å². The number of rotatable bonds is 16. The lowest BCUT2D eigenvalue weighted by Crippen LogP contribution is -2.60. The van der Waals surface area contributed by atoms with E-state index >= 15 is 0 Å². The van der Waals surface area contributed by atoms with Gasteiger partial charge in [-0.05, 0) is 197 Å². The molecule has 20 amide bonds. The Kier molecular flexibility index (Phi) is 33.7. The molecule has 13 rings (SSSR count). The van der Waals surface area contributed by atoms with Gasteiger partial charge in [-0.2, -0.15) is 0 Å². The zero-order valence-electron chi connectivity index (χ0n) is 65.5. The molecule has 0 radical (unpaired) electrons. The summed E-state index contributed by atoms with van der Waals surface area (Å²) in [6.45, 7) is 8.90. The Balaban J connectivity index is 0.000000181. The Hall–Kier alpha value is -15.3. The van der Waals surface area contributed by atoms with E-state index in [1.807, 2.05) is 54.0 Å². The zero-order valence-corrected chi connectivity index (χ0v) is 67.2. The van der Waals surface area contributed by atoms with Gasteiger partial charge in [0.25, 0.3) is 70.9 Å². The number of hydrogen-bond acceptors (Lipinski definition) is 23. The second-order valence-corrected chi connectivity index (χ2v) is 26.1. The van der Waals surface area contributed by atoms with Crippen molar-refractivity contribution in [2.75, 3.05) is 46.9 Å². The second-order valence-electron chi connectivity index (χ2n) is 25.3. The molecule has 0 aliphatic carbocycles. The SMILES string of the molecule is CCN1C(=O)/C(=C/C=C/c2cccc(F)c2)C(=O)NC1=S.CCN1C(=O)/C(=C\C=C\c2ccco2)C(=O)N(C2CCOCC2)C1=O.CCN1C(=O)NC(=O)/C(=C\C=C\c2ccco2)C1=O.Cc1ccccc1/C=C/C=C1C(=O)N(C)C(=O)N(C)C1=O.O=C1NC(=O)C(=C/C=C/c2cccnc2)C(=O)N1.O=C1NC(=S)NC(=O)C1=C/C=C/c1ccco1. The first-order chi connectivity index (χ1) is 58.0. The third kappa shape index (κ3) is 25.4. The summed E-state index contributed by atoms with van der Waals surface area (Å²) < 4.78 is 33.6. The summed E-state index contributed by atoms with van der Waals surface area (Å²) in [6.07, 6.45) is 36.8. The third-order valence-electron chi connectivity index (χ3n) is 17.3. The van der Waals surface area contributed by atoms with E-state index in [2.05, 4.69) is 38.5 Å². The Morgan fingerprint density at radius 3 is 1.36 bits per heavy atom. The lowest BCUT2D eigenvalue weighted by atomic mass is 10.0. The monoisotopic (exact) mass is 1680 g/mol. The topological polar surface area (TPSA) is 426 Å². The van der Waals surface area contributed by atoms with Crippen molar-refractivity contribution in [3.8, 4) is 0 Å². The zero-order chi connectivity index (χ0) is 87.8. The Morgan fingerprint density at radius 1 is 0.438 bits per heavy atom. The lowest BCUT2D eigenvalue weighted by molar-refractivity contribution is -0.139. The van der Waals surface area contributed by atoms with Gasteiger partial charge in [-0.3, -0.25) is 124 Å². The maximum atomic E-state index is 13.0. The quantitative estimate of drug-likeness (QED) is 0.0299. The molecule has 0 saturated carbocycles. The number of amides is 20. The molecule has 6 aromatic rings. The number of benzene rings is 2. The molecule has 121 heavy (non-hydrogen) atoms. The maximum absolute atomic E-state index is 13.0. The fourth-order valence-corrected chi connectivity index (χ4v) is 11.6. The van der Waals surface area contributed by atoms with Crippen molar-refractivity contribution in [2.45, 2.75) is 46.6 Å². The summed E-state index contributed by atoms with van der Waals surface area (Å²) in [4.78, 5) is 199. The number of carbonyl (C=O) groups excluding carboxylic acids is 16. The average Bonchev–Trinajstić information content (AvgIpc) is 0.874. The first kappa shape index (κ1) is 91.2. The van der Waals surface area contributed by atoms with Crippen LogP contribution in [-0.4, -0.2) is 193 Å². The molecule has 7 saturated heterocycles. The number of aromatic nitrogens is 1. The highest BCUT2D eigenvalue weighted by atomic mass is 32.1. The number of nitrogens with zero attached hydrogens (tertiary/aromatic N) is 7. The first-order valence-electron chi connectivity index (χ1n) is 36.7. The number of allylic oxidation sites excluding steroid dienone is 12. The summed E-state index contributed by atoms with van der Waals surface area (Å²) >= 11 is 9.59. The molecule has 11 heterocycles. The minimum absolute atomic E-state index is 0.00130. The summed E-state index contributed by atoms with van der Waals surface area (Å²) in [5.74, 6) is -5.48. The van der Waals surface area contributed by atoms with Crippen LogP contribution in [0.2, 0.25) is 0 Å². The van der Waals surface area contributed by atoms with Crippen LogP contribution in [0.15, 0.2) is 248 Å². The molecule has 0 bridgehead atoms. The Bertz CT molecular complexity index is 5360. The molecule has 622 valence electrons. The molecule has 0 unspecified atom stereocenters. The molecule has 0 spiro atoms. The molecule has 4 aromatic heterocycles. The van der Waals surface area contributed by atoms with E-state index in [9.17, 15) is 81.1 Å². The van der Waals surface area contributed by atoms with E-state index in [1.165, 1.54) is 103 Å². The van der Waals surface area contributed by atoms with Gasteiger partial charge >= 0.3 is 24.1 Å². The van der Waals surface area contributed by atoms with Crippen LogP contribution in [0.3, 0.4) is 0 Å². The van der Waals surface area contributed by atoms with Crippen molar-refractivity contribution < 1.29 is 99.1 Å². The van der Waals surface area contributed by atoms with Gasteiger partial charge in [0.2, 0.25) is 0 Å². The number of aryl methyl sites for hydroxylation is 1. The Labute approximate surface area is 701 Å². The van der Waals surface area contributed by atoms with Crippen LogP contribution in [0, 0.1) is 12.7 Å². The van der Waals surface area contributed by atoms with Crippen LogP contribution in [-0.2, 0) is 62.3 Å². The number of likely N-dealkylation sites (N-methyl/N-ethyl adjacent to an activating group) is 5. The predicted octanol–water partition coefficient (Wildman–Crippen LogP) is 8.68. The van der Waals surface area contributed by atoms with Crippen molar-refractivity contribution in [3.63, 3.8) is 0 Å². The summed E-state index contributed by atoms with van der Waals surface area (Å²) in [5.41, 5.74) is 3.33. The summed E-state index contributed by atoms with van der Waals surface area (Å²) in [7, 11) is 2.71. The van der Waals surface area contributed by atoms with Gasteiger partial charge in [-0.1, -0.05) is 97.1 Å². The Morgan fingerprint density at radius 2 is 0.876 bits per heavy atom. The normalized spacial score (nSPS) is 17.8. The van der Waals surface area contributed by atoms with Crippen LogP contribution in [0.4, 0.5) is 23.6 Å². The number of hydrogen-bond donors (Lipinski definition) is 6. The van der Waals surface area contributed by atoms with Crippen molar-refractivity contribution in [3.05, 3.63) is 280 Å². The number of nitrogens with one attached hydrogen (secondary N) is 6. The minimum Gasteiger partial charge on any atom is -0.465 e. The molecule has 33 nitrogen and oxygen atoms in total. The number of ether oxygens (including phenoxy) is 1. The third-order valence-corrected chi connectivity index (χ3v) is 17.9. The fourth-order valence-electron chi connectivity index (χ4n) is 11.1. The van der Waals surface area contributed by atoms with Crippen molar-refractivity contribution in [1.29, 1.82) is 0 Å². The number of halogens is 1. The lowest BCUT2D eigenvalue weighted by Gasteiger charge is -2.39. The fraction of sp³-hybridized carbons (Fsp3) is 0.165. The van der Waals surface area contributed by atoms with Gasteiger partial charge < -0.3 is 18.0 Å². The molecule has 36 heteroatoms. The summed E-state index contributed by atoms with van der Waals surface area (Å²) in [6, 6.07) is 24.9. The number of carbonyl (C=O) groups is 16.